The van der Waals surface area contributed by atoms with E-state index in [4.69, 9.17) is 4.74 Å². The minimum absolute atomic E-state index is 0. The fourth-order valence-electron chi connectivity index (χ4n) is 3.76. The zero-order valence-corrected chi connectivity index (χ0v) is 15.7. The van der Waals surface area contributed by atoms with Crippen molar-refractivity contribution in [2.45, 2.75) is 76.9 Å². The van der Waals surface area contributed by atoms with Crippen molar-refractivity contribution in [1.82, 2.24) is 10.2 Å². The first-order valence-electron chi connectivity index (χ1n) is 9.33. The van der Waals surface area contributed by atoms with E-state index < -0.39 is 0 Å². The van der Waals surface area contributed by atoms with Gasteiger partial charge in [0.1, 0.15) is 6.10 Å². The number of nitrogens with zero attached hydrogens (tertiary/aromatic N) is 1. The van der Waals surface area contributed by atoms with Crippen molar-refractivity contribution in [2.24, 2.45) is 5.92 Å². The highest BCUT2D eigenvalue weighted by Crippen LogP contribution is 2.25. The Balaban J connectivity index is 0.00000264. The van der Waals surface area contributed by atoms with Crippen molar-refractivity contribution in [3.05, 3.63) is 0 Å². The molecule has 23 heavy (non-hydrogen) atoms. The van der Waals surface area contributed by atoms with E-state index in [0.717, 1.165) is 57.7 Å². The van der Waals surface area contributed by atoms with Crippen LogP contribution in [0, 0.1) is 5.92 Å². The second kappa shape index (κ2) is 11.3. The fraction of sp³-hybridized carbons (Fsp3) is 0.944. The molecule has 1 heterocycles. The number of hydrogen-bond acceptors (Lipinski definition) is 3. The molecule has 0 bridgehead atoms. The summed E-state index contributed by atoms with van der Waals surface area (Å²) < 4.78 is 6.15. The Morgan fingerprint density at radius 3 is 2.39 bits per heavy atom. The Bertz CT molecular complexity index is 327. The number of piperidine rings is 1. The van der Waals surface area contributed by atoms with E-state index in [1.165, 1.54) is 25.7 Å². The van der Waals surface area contributed by atoms with Gasteiger partial charge in [0, 0.05) is 13.1 Å². The number of carbonyl (C=O) groups excluding carboxylic acids is 1. The molecular weight excluding hydrogens is 312 g/mol. The topological polar surface area (TPSA) is 41.6 Å². The highest BCUT2D eigenvalue weighted by Gasteiger charge is 2.29. The maximum atomic E-state index is 12.7. The number of rotatable bonds is 7. The third kappa shape index (κ3) is 6.60. The van der Waals surface area contributed by atoms with E-state index in [0.29, 0.717) is 6.10 Å². The molecule has 1 aliphatic carbocycles. The number of carbonyl (C=O) groups is 1. The van der Waals surface area contributed by atoms with Gasteiger partial charge < -0.3 is 15.0 Å². The van der Waals surface area contributed by atoms with Gasteiger partial charge in [-0.2, -0.15) is 0 Å². The second-order valence-corrected chi connectivity index (χ2v) is 6.95. The first-order chi connectivity index (χ1) is 10.7. The largest absolute Gasteiger partial charge is 0.365 e. The maximum Gasteiger partial charge on any atom is 0.251 e. The van der Waals surface area contributed by atoms with Gasteiger partial charge in [0.15, 0.2) is 0 Å². The maximum absolute atomic E-state index is 12.7. The molecule has 0 aromatic carbocycles. The molecule has 1 atom stereocenters. The van der Waals surface area contributed by atoms with E-state index in [-0.39, 0.29) is 24.4 Å². The Hall–Kier alpha value is -0.320. The monoisotopic (exact) mass is 346 g/mol. The van der Waals surface area contributed by atoms with Gasteiger partial charge in [-0.25, -0.2) is 0 Å². The van der Waals surface area contributed by atoms with Crippen LogP contribution in [-0.4, -0.2) is 49.7 Å². The smallest absolute Gasteiger partial charge is 0.251 e. The molecular formula is C18H35ClN2O2. The van der Waals surface area contributed by atoms with Crippen molar-refractivity contribution in [2.75, 3.05) is 26.7 Å². The Morgan fingerprint density at radius 1 is 1.17 bits per heavy atom. The normalized spacial score (nSPS) is 21.7. The molecule has 2 fully saturated rings. The summed E-state index contributed by atoms with van der Waals surface area (Å²) in [6.07, 6.45) is 10.5. The standard InChI is InChI=1S/C18H34N2O2.ClH/c1-3-17(22-16-7-5-4-6-8-16)18(21)20-13-10-15(11-14-20)9-12-19-2;/h15-17,19H,3-14H2,1-2H3;1H. The van der Waals surface area contributed by atoms with Crippen LogP contribution in [-0.2, 0) is 9.53 Å². The van der Waals surface area contributed by atoms with Crippen LogP contribution in [0.1, 0.15) is 64.7 Å². The molecule has 0 radical (unpaired) electrons. The molecule has 4 nitrogen and oxygen atoms in total. The van der Waals surface area contributed by atoms with Gasteiger partial charge in [0.2, 0.25) is 0 Å². The van der Waals surface area contributed by atoms with E-state index in [1.54, 1.807) is 0 Å². The first-order valence-corrected chi connectivity index (χ1v) is 9.33. The Morgan fingerprint density at radius 2 is 1.83 bits per heavy atom. The molecule has 0 spiro atoms. The molecule has 0 aromatic heterocycles. The highest BCUT2D eigenvalue weighted by molar-refractivity contribution is 5.85. The van der Waals surface area contributed by atoms with E-state index in [2.05, 4.69) is 12.2 Å². The van der Waals surface area contributed by atoms with Gasteiger partial charge in [-0.3, -0.25) is 4.79 Å². The number of likely N-dealkylation sites (tertiary alicyclic amines) is 1. The molecule has 2 aliphatic rings. The summed E-state index contributed by atoms with van der Waals surface area (Å²) in [7, 11) is 2.01. The molecule has 1 amide bonds. The minimum atomic E-state index is -0.211. The summed E-state index contributed by atoms with van der Waals surface area (Å²) in [5.74, 6) is 1.01. The first kappa shape index (κ1) is 20.7. The lowest BCUT2D eigenvalue weighted by Gasteiger charge is -2.35. The number of hydrogen-bond donors (Lipinski definition) is 1. The predicted molar refractivity (Wildman–Crippen MR) is 97.1 cm³/mol. The number of halogens is 1. The van der Waals surface area contributed by atoms with Crippen LogP contribution < -0.4 is 5.32 Å². The third-order valence-corrected chi connectivity index (χ3v) is 5.28. The van der Waals surface area contributed by atoms with Gasteiger partial charge in [-0.05, 0) is 58.0 Å². The average molecular weight is 347 g/mol. The van der Waals surface area contributed by atoms with Crippen molar-refractivity contribution in [3.63, 3.8) is 0 Å². The van der Waals surface area contributed by atoms with E-state index in [1.807, 2.05) is 11.9 Å². The number of ether oxygens (including phenoxy) is 1. The van der Waals surface area contributed by atoms with Gasteiger partial charge in [0.05, 0.1) is 6.10 Å². The lowest BCUT2D eigenvalue weighted by atomic mass is 9.93. The summed E-state index contributed by atoms with van der Waals surface area (Å²) in [5.41, 5.74) is 0. The van der Waals surface area contributed by atoms with Crippen LogP contribution in [0.4, 0.5) is 0 Å². The average Bonchev–Trinajstić information content (AvgIpc) is 2.58. The molecule has 1 saturated heterocycles. The van der Waals surface area contributed by atoms with Crippen LogP contribution in [0.5, 0.6) is 0 Å². The molecule has 1 unspecified atom stereocenters. The predicted octanol–water partition coefficient (Wildman–Crippen LogP) is 3.38. The summed E-state index contributed by atoms with van der Waals surface area (Å²) in [6, 6.07) is 0. The molecule has 136 valence electrons. The van der Waals surface area contributed by atoms with E-state index in [9.17, 15) is 4.79 Å². The van der Waals surface area contributed by atoms with Crippen LogP contribution in [0.3, 0.4) is 0 Å². The lowest BCUT2D eigenvalue weighted by molar-refractivity contribution is -0.150. The molecule has 1 saturated carbocycles. The van der Waals surface area contributed by atoms with Crippen molar-refractivity contribution in [1.29, 1.82) is 0 Å². The van der Waals surface area contributed by atoms with Crippen LogP contribution >= 0.6 is 12.4 Å². The summed E-state index contributed by atoms with van der Waals surface area (Å²) >= 11 is 0. The molecule has 0 aromatic rings. The molecule has 1 aliphatic heterocycles. The zero-order chi connectivity index (χ0) is 15.8. The highest BCUT2D eigenvalue weighted by atomic mass is 35.5. The third-order valence-electron chi connectivity index (χ3n) is 5.28. The quantitative estimate of drug-likeness (QED) is 0.768. The Kier molecular flexibility index (Phi) is 10.2. The van der Waals surface area contributed by atoms with E-state index >= 15 is 0 Å². The number of amides is 1. The van der Waals surface area contributed by atoms with Gasteiger partial charge >= 0.3 is 0 Å². The molecule has 2 rings (SSSR count). The van der Waals surface area contributed by atoms with Gasteiger partial charge in [-0.15, -0.1) is 12.4 Å². The van der Waals surface area contributed by atoms with Gasteiger partial charge in [-0.1, -0.05) is 26.2 Å². The van der Waals surface area contributed by atoms with Crippen LogP contribution in [0.15, 0.2) is 0 Å². The van der Waals surface area contributed by atoms with Crippen molar-refractivity contribution < 1.29 is 9.53 Å². The minimum Gasteiger partial charge on any atom is -0.365 e. The SMILES string of the molecule is CCC(OC1CCCCC1)C(=O)N1CCC(CCNC)CC1.Cl. The molecule has 5 heteroatoms. The Labute approximate surface area is 148 Å². The fourth-order valence-corrected chi connectivity index (χ4v) is 3.76. The zero-order valence-electron chi connectivity index (χ0n) is 14.9. The summed E-state index contributed by atoms with van der Waals surface area (Å²) in [6.45, 7) is 4.99. The van der Waals surface area contributed by atoms with Gasteiger partial charge in [0.25, 0.3) is 5.91 Å². The lowest BCUT2D eigenvalue weighted by Crippen LogP contribution is -2.46. The summed E-state index contributed by atoms with van der Waals surface area (Å²) in [4.78, 5) is 14.8. The number of nitrogens with one attached hydrogen (secondary N) is 1. The second-order valence-electron chi connectivity index (χ2n) is 6.95. The van der Waals surface area contributed by atoms with Crippen LogP contribution in [0.2, 0.25) is 0 Å². The van der Waals surface area contributed by atoms with Crippen molar-refractivity contribution >= 4 is 18.3 Å². The van der Waals surface area contributed by atoms with Crippen molar-refractivity contribution in [3.8, 4) is 0 Å². The molecule has 1 N–H and O–H groups in total. The summed E-state index contributed by atoms with van der Waals surface area (Å²) in [5, 5.41) is 3.22. The van der Waals surface area contributed by atoms with Crippen LogP contribution in [0.25, 0.3) is 0 Å².